The van der Waals surface area contributed by atoms with E-state index in [-0.39, 0.29) is 33.6 Å². The number of benzene rings is 1. The quantitative estimate of drug-likeness (QED) is 0.369. The molecule has 1 fully saturated rings. The van der Waals surface area contributed by atoms with Gasteiger partial charge in [0.1, 0.15) is 17.1 Å². The largest absolute Gasteiger partial charge is 0.495 e. The van der Waals surface area contributed by atoms with Crippen molar-refractivity contribution in [2.75, 3.05) is 46.2 Å². The zero-order valence-electron chi connectivity index (χ0n) is 23.3. The molecule has 0 aliphatic carbocycles. The van der Waals surface area contributed by atoms with Crippen LogP contribution in [0.3, 0.4) is 0 Å². The third-order valence-corrected chi connectivity index (χ3v) is 8.03. The Kier molecular flexibility index (Phi) is 9.22. The lowest BCUT2D eigenvalue weighted by molar-refractivity contribution is -0.130. The standard InChI is InChI=1S/C28H34Cl2N6O4/c1-7-22(37)34-14-16(2)35(17(3)15-34)9-8-10-36-26-18(13-32-28(31-4)33-26)11-19(27(36)38)23-24(29)20(39-5)12-21(40-6)25(23)30/h7,11-13,16-17H,1,8-10,14-15H2,2-6H3,(H,31,32,33)/t16-,17+. The van der Waals surface area contributed by atoms with Gasteiger partial charge in [0.25, 0.3) is 5.56 Å². The maximum absolute atomic E-state index is 14.1. The minimum Gasteiger partial charge on any atom is -0.495 e. The van der Waals surface area contributed by atoms with E-state index in [2.05, 4.69) is 40.6 Å². The van der Waals surface area contributed by atoms with Gasteiger partial charge in [0.2, 0.25) is 11.9 Å². The molecule has 1 aromatic carbocycles. The molecule has 0 unspecified atom stereocenters. The van der Waals surface area contributed by atoms with Crippen molar-refractivity contribution >= 4 is 46.1 Å². The van der Waals surface area contributed by atoms with E-state index in [0.29, 0.717) is 65.7 Å². The maximum Gasteiger partial charge on any atom is 0.260 e. The van der Waals surface area contributed by atoms with Gasteiger partial charge in [-0.05, 0) is 32.4 Å². The van der Waals surface area contributed by atoms with Crippen LogP contribution in [0.1, 0.15) is 20.3 Å². The number of pyridine rings is 1. The first-order chi connectivity index (χ1) is 19.1. The van der Waals surface area contributed by atoms with Crippen LogP contribution in [0.4, 0.5) is 5.95 Å². The van der Waals surface area contributed by atoms with Crippen molar-refractivity contribution in [1.29, 1.82) is 0 Å². The van der Waals surface area contributed by atoms with Crippen molar-refractivity contribution < 1.29 is 14.3 Å². The number of halogens is 2. The highest BCUT2D eigenvalue weighted by Crippen LogP contribution is 2.45. The average molecular weight is 590 g/mol. The Bertz CT molecular complexity index is 1450. The molecule has 40 heavy (non-hydrogen) atoms. The number of piperazine rings is 1. The Balaban J connectivity index is 1.73. The van der Waals surface area contributed by atoms with Crippen LogP contribution >= 0.6 is 23.2 Å². The van der Waals surface area contributed by atoms with E-state index in [1.165, 1.54) is 20.3 Å². The summed E-state index contributed by atoms with van der Waals surface area (Å²) in [5, 5.41) is 4.01. The molecule has 1 aliphatic heterocycles. The number of aromatic nitrogens is 3. The Hall–Kier alpha value is -3.34. The molecule has 3 heterocycles. The van der Waals surface area contributed by atoms with Crippen LogP contribution in [-0.2, 0) is 11.3 Å². The molecule has 2 aromatic heterocycles. The fraction of sp³-hybridized carbons (Fsp3) is 0.429. The van der Waals surface area contributed by atoms with Gasteiger partial charge in [0, 0.05) is 68.5 Å². The van der Waals surface area contributed by atoms with Crippen LogP contribution in [0, 0.1) is 0 Å². The number of fused-ring (bicyclic) bond motifs is 1. The van der Waals surface area contributed by atoms with Gasteiger partial charge in [0.05, 0.1) is 29.8 Å². The summed E-state index contributed by atoms with van der Waals surface area (Å²) in [7, 11) is 4.69. The minimum absolute atomic E-state index is 0.0558. The maximum atomic E-state index is 14.1. The van der Waals surface area contributed by atoms with Crippen molar-refractivity contribution in [3.05, 3.63) is 51.4 Å². The number of nitrogens with one attached hydrogen (secondary N) is 1. The van der Waals surface area contributed by atoms with E-state index in [0.717, 1.165) is 6.54 Å². The number of carbonyl (C=O) groups excluding carboxylic acids is 1. The number of carbonyl (C=O) groups is 1. The van der Waals surface area contributed by atoms with Crippen molar-refractivity contribution in [1.82, 2.24) is 24.3 Å². The van der Waals surface area contributed by atoms with Crippen LogP contribution in [-0.4, -0.2) is 83.2 Å². The smallest absolute Gasteiger partial charge is 0.260 e. The third-order valence-electron chi connectivity index (χ3n) is 7.28. The summed E-state index contributed by atoms with van der Waals surface area (Å²) >= 11 is 13.4. The predicted molar refractivity (Wildman–Crippen MR) is 159 cm³/mol. The molecule has 0 bridgehead atoms. The molecule has 0 spiro atoms. The molecule has 10 nitrogen and oxygen atoms in total. The van der Waals surface area contributed by atoms with E-state index >= 15 is 0 Å². The van der Waals surface area contributed by atoms with Crippen molar-refractivity contribution in [2.45, 2.75) is 38.9 Å². The fourth-order valence-corrected chi connectivity index (χ4v) is 6.01. The molecule has 2 atom stereocenters. The second-order valence-corrected chi connectivity index (χ2v) is 10.5. The topological polar surface area (TPSA) is 102 Å². The van der Waals surface area contributed by atoms with Crippen LogP contribution in [0.2, 0.25) is 10.0 Å². The highest BCUT2D eigenvalue weighted by Gasteiger charge is 2.30. The lowest BCUT2D eigenvalue weighted by Crippen LogP contribution is -2.58. The molecule has 1 aliphatic rings. The van der Waals surface area contributed by atoms with Gasteiger partial charge >= 0.3 is 0 Å². The summed E-state index contributed by atoms with van der Waals surface area (Å²) in [4.78, 5) is 39.3. The lowest BCUT2D eigenvalue weighted by Gasteiger charge is -2.44. The zero-order valence-corrected chi connectivity index (χ0v) is 24.8. The average Bonchev–Trinajstić information content (AvgIpc) is 2.95. The second-order valence-electron chi connectivity index (χ2n) is 9.76. The predicted octanol–water partition coefficient (Wildman–Crippen LogP) is 4.32. The highest BCUT2D eigenvalue weighted by atomic mass is 35.5. The molecule has 1 amide bonds. The Labute approximate surface area is 243 Å². The van der Waals surface area contributed by atoms with Crippen LogP contribution in [0.5, 0.6) is 11.5 Å². The summed E-state index contributed by atoms with van der Waals surface area (Å²) in [6, 6.07) is 3.60. The third kappa shape index (κ3) is 5.61. The van der Waals surface area contributed by atoms with Gasteiger partial charge < -0.3 is 19.7 Å². The summed E-state index contributed by atoms with van der Waals surface area (Å²) in [6.45, 7) is 10.2. The van der Waals surface area contributed by atoms with Crippen molar-refractivity contribution in [3.63, 3.8) is 0 Å². The Morgan fingerprint density at radius 3 is 2.30 bits per heavy atom. The highest BCUT2D eigenvalue weighted by molar-refractivity contribution is 6.41. The van der Waals surface area contributed by atoms with E-state index < -0.39 is 0 Å². The number of nitrogens with zero attached hydrogens (tertiary/aromatic N) is 5. The van der Waals surface area contributed by atoms with E-state index in [1.807, 2.05) is 4.90 Å². The number of anilines is 1. The molecular weight excluding hydrogens is 555 g/mol. The fourth-order valence-electron chi connectivity index (χ4n) is 5.31. The van der Waals surface area contributed by atoms with Crippen LogP contribution < -0.4 is 20.3 Å². The molecule has 0 saturated carbocycles. The first-order valence-corrected chi connectivity index (χ1v) is 13.8. The number of hydrogen-bond acceptors (Lipinski definition) is 8. The number of rotatable bonds is 9. The molecule has 3 aromatic rings. The molecule has 4 rings (SSSR count). The Morgan fingerprint density at radius 2 is 1.75 bits per heavy atom. The number of methoxy groups -OCH3 is 2. The summed E-state index contributed by atoms with van der Waals surface area (Å²) in [5.74, 6) is 1.02. The summed E-state index contributed by atoms with van der Waals surface area (Å²) in [5.41, 5.74) is 0.814. The van der Waals surface area contributed by atoms with Crippen molar-refractivity contribution in [2.24, 2.45) is 0 Å². The van der Waals surface area contributed by atoms with Gasteiger partial charge in [-0.3, -0.25) is 19.1 Å². The second kappa shape index (κ2) is 12.4. The summed E-state index contributed by atoms with van der Waals surface area (Å²) < 4.78 is 12.5. The lowest BCUT2D eigenvalue weighted by atomic mass is 10.0. The molecule has 1 N–H and O–H groups in total. The molecule has 12 heteroatoms. The number of aryl methyl sites for hydroxylation is 1. The monoisotopic (exact) mass is 588 g/mol. The van der Waals surface area contributed by atoms with Crippen LogP contribution in [0.15, 0.2) is 35.8 Å². The van der Waals surface area contributed by atoms with E-state index in [9.17, 15) is 9.59 Å². The first kappa shape index (κ1) is 29.6. The number of hydrogen-bond donors (Lipinski definition) is 1. The zero-order chi connectivity index (χ0) is 29.1. The molecule has 214 valence electrons. The van der Waals surface area contributed by atoms with Crippen LogP contribution in [0.25, 0.3) is 22.2 Å². The van der Waals surface area contributed by atoms with E-state index in [4.69, 9.17) is 32.7 Å². The SMILES string of the molecule is C=CC(=O)N1C[C@@H](C)N(CCCn2c(=O)c(-c3c(Cl)c(OC)cc(OC)c3Cl)cc3cnc(NC)nc32)[C@@H](C)C1. The van der Waals surface area contributed by atoms with Gasteiger partial charge in [-0.25, -0.2) is 4.98 Å². The molecule has 1 saturated heterocycles. The number of amides is 1. The first-order valence-electron chi connectivity index (χ1n) is 13.0. The molecular formula is C28H34Cl2N6O4. The normalized spacial score (nSPS) is 17.6. The minimum atomic E-state index is -0.296. The number of ether oxygens (including phenoxy) is 2. The van der Waals surface area contributed by atoms with Gasteiger partial charge in [-0.1, -0.05) is 29.8 Å². The van der Waals surface area contributed by atoms with Gasteiger partial charge in [-0.2, -0.15) is 4.98 Å². The van der Waals surface area contributed by atoms with Crippen molar-refractivity contribution in [3.8, 4) is 22.6 Å². The van der Waals surface area contributed by atoms with E-state index in [1.54, 1.807) is 29.9 Å². The Morgan fingerprint density at radius 1 is 1.12 bits per heavy atom. The summed E-state index contributed by atoms with van der Waals surface area (Å²) in [6.07, 6.45) is 3.69. The molecule has 0 radical (unpaired) electrons. The van der Waals surface area contributed by atoms with Gasteiger partial charge in [0.15, 0.2) is 0 Å². The van der Waals surface area contributed by atoms with Gasteiger partial charge in [-0.15, -0.1) is 0 Å².